The second kappa shape index (κ2) is 11.9. The molecule has 1 heterocycles. The molecular formula is C29H31FN2O6. The first-order valence-electron chi connectivity index (χ1n) is 12.1. The number of rotatable bonds is 9. The van der Waals surface area contributed by atoms with Gasteiger partial charge in [-0.25, -0.2) is 4.39 Å². The summed E-state index contributed by atoms with van der Waals surface area (Å²) in [4.78, 5) is 28.5. The van der Waals surface area contributed by atoms with Crippen molar-refractivity contribution in [3.63, 3.8) is 0 Å². The number of carbonyl (C=O) groups excluding carboxylic acids is 2. The van der Waals surface area contributed by atoms with Crippen molar-refractivity contribution in [3.05, 3.63) is 83.2 Å². The molecule has 4 rings (SSSR count). The van der Waals surface area contributed by atoms with Gasteiger partial charge in [-0.2, -0.15) is 0 Å². The topological polar surface area (TPSA) is 86.3 Å². The third-order valence-electron chi connectivity index (χ3n) is 6.78. The number of hydrogen-bond acceptors (Lipinski definition) is 6. The number of benzene rings is 3. The molecule has 3 aromatic carbocycles. The molecule has 9 heteroatoms. The summed E-state index contributed by atoms with van der Waals surface area (Å²) < 4.78 is 35.0. The van der Waals surface area contributed by atoms with E-state index in [1.165, 1.54) is 33.5 Å². The molecule has 0 aliphatic carbocycles. The molecule has 0 spiro atoms. The molecule has 0 radical (unpaired) electrons. The van der Waals surface area contributed by atoms with E-state index in [1.807, 2.05) is 12.1 Å². The van der Waals surface area contributed by atoms with Crippen LogP contribution in [0.25, 0.3) is 0 Å². The fourth-order valence-corrected chi connectivity index (χ4v) is 4.73. The minimum atomic E-state index is -0.541. The van der Waals surface area contributed by atoms with E-state index in [9.17, 15) is 14.0 Å². The SMILES string of the molecule is COc1ccc(C(=O)N2CC(C(=O)NCc3ccc(F)cc3)C(c3cc(OC)c(OC)c(OC)c3)C2)cc1. The van der Waals surface area contributed by atoms with Gasteiger partial charge in [0.25, 0.3) is 5.91 Å². The molecule has 2 amide bonds. The first-order valence-corrected chi connectivity index (χ1v) is 12.1. The van der Waals surface area contributed by atoms with E-state index in [4.69, 9.17) is 18.9 Å². The summed E-state index contributed by atoms with van der Waals surface area (Å²) in [6.45, 7) is 0.781. The number of ether oxygens (including phenoxy) is 4. The number of methoxy groups -OCH3 is 4. The van der Waals surface area contributed by atoms with Gasteiger partial charge in [0.1, 0.15) is 11.6 Å². The predicted octanol–water partition coefficient (Wildman–Crippen LogP) is 4.03. The van der Waals surface area contributed by atoms with Crippen molar-refractivity contribution < 1.29 is 32.9 Å². The Morgan fingerprint density at radius 3 is 2.05 bits per heavy atom. The molecule has 3 aromatic rings. The summed E-state index contributed by atoms with van der Waals surface area (Å²) in [6, 6.07) is 16.5. The van der Waals surface area contributed by atoms with Crippen molar-refractivity contribution in [2.75, 3.05) is 41.5 Å². The Morgan fingerprint density at radius 2 is 1.50 bits per heavy atom. The highest BCUT2D eigenvalue weighted by Crippen LogP contribution is 2.43. The fraction of sp³-hybridized carbons (Fsp3) is 0.310. The maximum Gasteiger partial charge on any atom is 0.253 e. The highest BCUT2D eigenvalue weighted by molar-refractivity contribution is 5.95. The third-order valence-corrected chi connectivity index (χ3v) is 6.78. The van der Waals surface area contributed by atoms with Gasteiger partial charge in [0.05, 0.1) is 34.4 Å². The zero-order valence-electron chi connectivity index (χ0n) is 21.8. The van der Waals surface area contributed by atoms with Gasteiger partial charge in [0, 0.05) is 31.1 Å². The van der Waals surface area contributed by atoms with Crippen LogP contribution in [0.3, 0.4) is 0 Å². The van der Waals surface area contributed by atoms with E-state index in [0.717, 1.165) is 11.1 Å². The molecule has 2 atom stereocenters. The lowest BCUT2D eigenvalue weighted by Gasteiger charge is -2.21. The Labute approximate surface area is 221 Å². The van der Waals surface area contributed by atoms with Crippen molar-refractivity contribution in [1.82, 2.24) is 10.2 Å². The van der Waals surface area contributed by atoms with Crippen LogP contribution in [0.2, 0.25) is 0 Å². The first-order chi connectivity index (χ1) is 18.4. The Hall–Kier alpha value is -4.27. The lowest BCUT2D eigenvalue weighted by atomic mass is 9.87. The summed E-state index contributed by atoms with van der Waals surface area (Å²) in [5.74, 6) is 0.415. The molecule has 0 aromatic heterocycles. The van der Waals surface area contributed by atoms with Crippen LogP contribution in [0, 0.1) is 11.7 Å². The van der Waals surface area contributed by atoms with Crippen molar-refractivity contribution >= 4 is 11.8 Å². The number of halogens is 1. The summed E-state index contributed by atoms with van der Waals surface area (Å²) in [5, 5.41) is 2.95. The minimum Gasteiger partial charge on any atom is -0.497 e. The van der Waals surface area contributed by atoms with Crippen LogP contribution in [0.1, 0.15) is 27.4 Å². The summed E-state index contributed by atoms with van der Waals surface area (Å²) in [5.41, 5.74) is 2.06. The van der Waals surface area contributed by atoms with Crippen molar-refractivity contribution in [2.24, 2.45) is 5.92 Å². The molecule has 1 saturated heterocycles. The number of amides is 2. The lowest BCUT2D eigenvalue weighted by molar-refractivity contribution is -0.125. The maximum atomic E-state index is 13.5. The average Bonchev–Trinajstić information content (AvgIpc) is 3.41. The molecule has 2 unspecified atom stereocenters. The maximum absolute atomic E-state index is 13.5. The highest BCUT2D eigenvalue weighted by atomic mass is 19.1. The fourth-order valence-electron chi connectivity index (χ4n) is 4.73. The summed E-state index contributed by atoms with van der Waals surface area (Å²) >= 11 is 0. The van der Waals surface area contributed by atoms with Crippen molar-refractivity contribution in [3.8, 4) is 23.0 Å². The second-order valence-corrected chi connectivity index (χ2v) is 8.95. The largest absolute Gasteiger partial charge is 0.497 e. The van der Waals surface area contributed by atoms with Gasteiger partial charge in [-0.3, -0.25) is 9.59 Å². The molecule has 38 heavy (non-hydrogen) atoms. The second-order valence-electron chi connectivity index (χ2n) is 8.95. The van der Waals surface area contributed by atoms with E-state index in [0.29, 0.717) is 35.1 Å². The molecule has 0 bridgehead atoms. The Balaban J connectivity index is 1.63. The van der Waals surface area contributed by atoms with Gasteiger partial charge in [-0.1, -0.05) is 12.1 Å². The standard InChI is InChI=1S/C29H31FN2O6/c1-35-22-11-7-19(8-12-22)29(34)32-16-23(20-13-25(36-2)27(38-4)26(14-20)37-3)24(17-32)28(33)31-15-18-5-9-21(30)10-6-18/h5-14,23-24H,15-17H2,1-4H3,(H,31,33). The Bertz CT molecular complexity index is 1250. The number of carbonyl (C=O) groups is 2. The van der Waals surface area contributed by atoms with E-state index >= 15 is 0 Å². The quantitative estimate of drug-likeness (QED) is 0.457. The van der Waals surface area contributed by atoms with Crippen LogP contribution in [-0.4, -0.2) is 58.2 Å². The molecule has 8 nitrogen and oxygen atoms in total. The molecule has 1 N–H and O–H groups in total. The van der Waals surface area contributed by atoms with Gasteiger partial charge in [-0.15, -0.1) is 0 Å². The third kappa shape index (κ3) is 5.66. The molecular weight excluding hydrogens is 491 g/mol. The van der Waals surface area contributed by atoms with Crippen molar-refractivity contribution in [2.45, 2.75) is 12.5 Å². The van der Waals surface area contributed by atoms with E-state index in [2.05, 4.69) is 5.32 Å². The summed E-state index contributed by atoms with van der Waals surface area (Å²) in [6.07, 6.45) is 0. The van der Waals surface area contributed by atoms with Crippen LogP contribution >= 0.6 is 0 Å². The zero-order chi connectivity index (χ0) is 27.2. The molecule has 200 valence electrons. The molecule has 0 saturated carbocycles. The van der Waals surface area contributed by atoms with Crippen LogP contribution in [0.5, 0.6) is 23.0 Å². The average molecular weight is 523 g/mol. The minimum absolute atomic E-state index is 0.182. The smallest absolute Gasteiger partial charge is 0.253 e. The lowest BCUT2D eigenvalue weighted by Crippen LogP contribution is -2.35. The Morgan fingerprint density at radius 1 is 0.868 bits per heavy atom. The van der Waals surface area contributed by atoms with Crippen LogP contribution in [0.15, 0.2) is 60.7 Å². The number of likely N-dealkylation sites (tertiary alicyclic amines) is 1. The van der Waals surface area contributed by atoms with Gasteiger partial charge < -0.3 is 29.2 Å². The van der Waals surface area contributed by atoms with Gasteiger partial charge in [0.2, 0.25) is 11.7 Å². The van der Waals surface area contributed by atoms with Gasteiger partial charge >= 0.3 is 0 Å². The molecule has 1 aliphatic heterocycles. The first kappa shape index (κ1) is 26.8. The summed E-state index contributed by atoms with van der Waals surface area (Å²) in [7, 11) is 6.15. The zero-order valence-corrected chi connectivity index (χ0v) is 21.8. The molecule has 1 aliphatic rings. The van der Waals surface area contributed by atoms with E-state index < -0.39 is 5.92 Å². The predicted molar refractivity (Wildman–Crippen MR) is 139 cm³/mol. The van der Waals surface area contributed by atoms with E-state index in [-0.39, 0.29) is 36.6 Å². The number of nitrogens with one attached hydrogen (secondary N) is 1. The monoisotopic (exact) mass is 522 g/mol. The number of hydrogen-bond donors (Lipinski definition) is 1. The van der Waals surface area contributed by atoms with Crippen molar-refractivity contribution in [1.29, 1.82) is 0 Å². The van der Waals surface area contributed by atoms with Gasteiger partial charge in [-0.05, 0) is 59.7 Å². The molecule has 1 fully saturated rings. The number of nitrogens with zero attached hydrogens (tertiary/aromatic N) is 1. The van der Waals surface area contributed by atoms with Crippen LogP contribution < -0.4 is 24.3 Å². The van der Waals surface area contributed by atoms with Crippen LogP contribution in [0.4, 0.5) is 4.39 Å². The van der Waals surface area contributed by atoms with Gasteiger partial charge in [0.15, 0.2) is 11.5 Å². The normalized spacial score (nSPS) is 16.6. The highest BCUT2D eigenvalue weighted by Gasteiger charge is 2.41. The Kier molecular flexibility index (Phi) is 8.35. The van der Waals surface area contributed by atoms with E-state index in [1.54, 1.807) is 48.4 Å². The van der Waals surface area contributed by atoms with Crippen LogP contribution in [-0.2, 0) is 11.3 Å².